The highest BCUT2D eigenvalue weighted by Crippen LogP contribution is 2.29. The maximum Gasteiger partial charge on any atom is 0.339 e. The number of aromatic nitrogens is 1. The fourth-order valence-corrected chi connectivity index (χ4v) is 5.38. The molecule has 0 saturated heterocycles. The number of esters is 1. The molecule has 2 N–H and O–H groups in total. The van der Waals surface area contributed by atoms with Gasteiger partial charge in [0, 0.05) is 24.5 Å². The molecule has 1 amide bonds. The van der Waals surface area contributed by atoms with Crippen LogP contribution >= 0.6 is 11.6 Å². The molecule has 0 aliphatic rings. The number of aromatic amines is 1. The quantitative estimate of drug-likeness (QED) is 0.539. The molecule has 0 radical (unpaired) electrons. The molecule has 2 rings (SSSR count). The molecule has 0 aliphatic heterocycles. The lowest BCUT2D eigenvalue weighted by molar-refractivity contribution is 0.0599. The summed E-state index contributed by atoms with van der Waals surface area (Å²) in [5.74, 6) is -1.01. The van der Waals surface area contributed by atoms with Gasteiger partial charge in [-0.25, -0.2) is 13.2 Å². The molecule has 0 atom stereocenters. The van der Waals surface area contributed by atoms with Gasteiger partial charge in [-0.15, -0.1) is 0 Å². The Kier molecular flexibility index (Phi) is 8.27. The number of nitrogens with one attached hydrogen (secondary N) is 2. The number of anilines is 1. The van der Waals surface area contributed by atoms with E-state index in [0.717, 1.165) is 6.42 Å². The first-order valence-corrected chi connectivity index (χ1v) is 11.8. The number of halogens is 1. The van der Waals surface area contributed by atoms with Gasteiger partial charge in [-0.2, -0.15) is 4.31 Å². The summed E-state index contributed by atoms with van der Waals surface area (Å²) in [5, 5.41) is 2.77. The van der Waals surface area contributed by atoms with Crippen molar-refractivity contribution in [3.05, 3.63) is 45.7 Å². The van der Waals surface area contributed by atoms with E-state index in [0.29, 0.717) is 36.3 Å². The Bertz CT molecular complexity index is 1070. The monoisotopic (exact) mass is 469 g/mol. The van der Waals surface area contributed by atoms with Crippen molar-refractivity contribution in [3.8, 4) is 0 Å². The lowest BCUT2D eigenvalue weighted by atomic mass is 10.0. The van der Waals surface area contributed by atoms with Gasteiger partial charge in [-0.3, -0.25) is 4.79 Å². The highest BCUT2D eigenvalue weighted by molar-refractivity contribution is 7.89. The van der Waals surface area contributed by atoms with Gasteiger partial charge in [-0.1, -0.05) is 38.8 Å². The van der Waals surface area contributed by atoms with E-state index < -0.39 is 21.9 Å². The minimum absolute atomic E-state index is 0.0697. The van der Waals surface area contributed by atoms with E-state index in [9.17, 15) is 18.0 Å². The molecular formula is C21H28ClN3O5S. The minimum atomic E-state index is -3.81. The smallest absolute Gasteiger partial charge is 0.339 e. The molecule has 0 saturated carbocycles. The van der Waals surface area contributed by atoms with Gasteiger partial charge >= 0.3 is 5.97 Å². The number of hydrogen-bond donors (Lipinski definition) is 2. The molecule has 0 fully saturated rings. The van der Waals surface area contributed by atoms with Gasteiger partial charge in [0.2, 0.25) is 10.0 Å². The lowest BCUT2D eigenvalue weighted by Gasteiger charge is -2.19. The van der Waals surface area contributed by atoms with Crippen LogP contribution in [0.5, 0.6) is 0 Å². The number of carbonyl (C=O) groups is 2. The number of carbonyl (C=O) groups excluding carboxylic acids is 2. The zero-order chi connectivity index (χ0) is 23.3. The molecule has 8 nitrogen and oxygen atoms in total. The van der Waals surface area contributed by atoms with E-state index in [1.165, 1.54) is 29.6 Å². The predicted molar refractivity (Wildman–Crippen MR) is 120 cm³/mol. The van der Waals surface area contributed by atoms with Crippen LogP contribution in [0.15, 0.2) is 23.1 Å². The first-order valence-electron chi connectivity index (χ1n) is 10.0. The summed E-state index contributed by atoms with van der Waals surface area (Å²) < 4.78 is 31.9. The molecule has 1 aromatic heterocycles. The van der Waals surface area contributed by atoms with Crippen molar-refractivity contribution < 1.29 is 22.7 Å². The normalized spacial score (nSPS) is 11.6. The Morgan fingerprint density at radius 3 is 2.39 bits per heavy atom. The number of sulfonamides is 1. The number of aryl methyl sites for hydroxylation is 1. The van der Waals surface area contributed by atoms with Crippen LogP contribution in [0, 0.1) is 6.92 Å². The first-order chi connectivity index (χ1) is 14.6. The fraction of sp³-hybridized carbons (Fsp3) is 0.429. The second-order valence-electron chi connectivity index (χ2n) is 6.91. The number of nitrogens with zero attached hydrogens (tertiary/aromatic N) is 1. The minimum Gasteiger partial charge on any atom is -0.465 e. The largest absolute Gasteiger partial charge is 0.465 e. The SMILES string of the molecule is CCCc1c(C(=O)Nc2ccc(Cl)c(S(=O)(=O)N(CC)CC)c2)[nH]c(C)c1C(=O)OC. The van der Waals surface area contributed by atoms with Crippen molar-refractivity contribution in [2.45, 2.75) is 45.4 Å². The average molecular weight is 470 g/mol. The summed E-state index contributed by atoms with van der Waals surface area (Å²) in [6.07, 6.45) is 1.22. The number of ether oxygens (including phenoxy) is 1. The van der Waals surface area contributed by atoms with E-state index in [4.69, 9.17) is 16.3 Å². The molecule has 31 heavy (non-hydrogen) atoms. The highest BCUT2D eigenvalue weighted by Gasteiger charge is 2.27. The molecule has 1 heterocycles. The summed E-state index contributed by atoms with van der Waals surface area (Å²) in [6, 6.07) is 4.29. The van der Waals surface area contributed by atoms with E-state index in [2.05, 4.69) is 10.3 Å². The third kappa shape index (κ3) is 5.11. The zero-order valence-corrected chi connectivity index (χ0v) is 19.9. The van der Waals surface area contributed by atoms with E-state index in [-0.39, 0.29) is 21.3 Å². The van der Waals surface area contributed by atoms with E-state index in [1.54, 1.807) is 20.8 Å². The maximum atomic E-state index is 13.0. The number of hydrogen-bond acceptors (Lipinski definition) is 5. The third-order valence-electron chi connectivity index (χ3n) is 4.92. The first kappa shape index (κ1) is 24.9. The fourth-order valence-electron chi connectivity index (χ4n) is 3.42. The van der Waals surface area contributed by atoms with Gasteiger partial charge < -0.3 is 15.0 Å². The topological polar surface area (TPSA) is 109 Å². The van der Waals surface area contributed by atoms with Crippen LogP contribution < -0.4 is 5.32 Å². The van der Waals surface area contributed by atoms with Crippen LogP contribution in [0.2, 0.25) is 5.02 Å². The Labute approximate surface area is 188 Å². The van der Waals surface area contributed by atoms with Crippen LogP contribution in [-0.4, -0.2) is 49.8 Å². The van der Waals surface area contributed by atoms with Crippen molar-refractivity contribution in [3.63, 3.8) is 0 Å². The van der Waals surface area contributed by atoms with Gasteiger partial charge in [0.05, 0.1) is 17.7 Å². The average Bonchev–Trinajstić information content (AvgIpc) is 3.05. The summed E-state index contributed by atoms with van der Waals surface area (Å²) in [5.41, 5.74) is 1.95. The van der Waals surface area contributed by atoms with Crippen LogP contribution in [-0.2, 0) is 21.2 Å². The van der Waals surface area contributed by atoms with Gasteiger partial charge in [-0.05, 0) is 37.1 Å². The van der Waals surface area contributed by atoms with Crippen molar-refractivity contribution in [2.24, 2.45) is 0 Å². The van der Waals surface area contributed by atoms with E-state index in [1.807, 2.05) is 6.92 Å². The van der Waals surface area contributed by atoms with Crippen molar-refractivity contribution in [2.75, 3.05) is 25.5 Å². The molecule has 0 bridgehead atoms. The standard InChI is InChI=1S/C21H28ClN3O5S/c1-6-9-15-18(21(27)30-5)13(4)23-19(15)20(26)24-14-10-11-16(22)17(12-14)31(28,29)25(7-2)8-3/h10-12,23H,6-9H2,1-5H3,(H,24,26). The number of amides is 1. The number of H-pyrrole nitrogens is 1. The number of methoxy groups -OCH3 is 1. The second-order valence-corrected chi connectivity index (χ2v) is 9.22. The molecule has 0 aliphatic carbocycles. The summed E-state index contributed by atoms with van der Waals surface area (Å²) in [6.45, 7) is 7.70. The van der Waals surface area contributed by atoms with Crippen molar-refractivity contribution in [1.82, 2.24) is 9.29 Å². The summed E-state index contributed by atoms with van der Waals surface area (Å²) in [7, 11) is -2.52. The van der Waals surface area contributed by atoms with Crippen LogP contribution in [0.25, 0.3) is 0 Å². The highest BCUT2D eigenvalue weighted by atomic mass is 35.5. The number of rotatable bonds is 9. The van der Waals surface area contributed by atoms with Gasteiger partial charge in [0.1, 0.15) is 10.6 Å². The zero-order valence-electron chi connectivity index (χ0n) is 18.3. The van der Waals surface area contributed by atoms with E-state index >= 15 is 0 Å². The Morgan fingerprint density at radius 2 is 1.84 bits per heavy atom. The molecule has 1 aromatic carbocycles. The van der Waals surface area contributed by atoms with Crippen LogP contribution in [0.4, 0.5) is 5.69 Å². The van der Waals surface area contributed by atoms with Crippen molar-refractivity contribution >= 4 is 39.2 Å². The number of benzene rings is 1. The predicted octanol–water partition coefficient (Wildman–Crippen LogP) is 4.00. The van der Waals surface area contributed by atoms with Gasteiger partial charge in [0.15, 0.2) is 0 Å². The van der Waals surface area contributed by atoms with Crippen LogP contribution in [0.1, 0.15) is 59.3 Å². The van der Waals surface area contributed by atoms with Gasteiger partial charge in [0.25, 0.3) is 5.91 Å². The second kappa shape index (κ2) is 10.3. The Balaban J connectivity index is 2.45. The molecule has 10 heteroatoms. The lowest BCUT2D eigenvalue weighted by Crippen LogP contribution is -2.30. The Hall–Kier alpha value is -2.36. The molecule has 2 aromatic rings. The van der Waals surface area contributed by atoms with Crippen LogP contribution in [0.3, 0.4) is 0 Å². The maximum absolute atomic E-state index is 13.0. The Morgan fingerprint density at radius 1 is 1.19 bits per heavy atom. The molecule has 170 valence electrons. The molecule has 0 unspecified atom stereocenters. The van der Waals surface area contributed by atoms with Crippen molar-refractivity contribution in [1.29, 1.82) is 0 Å². The molecule has 0 spiro atoms. The molecular weight excluding hydrogens is 442 g/mol. The summed E-state index contributed by atoms with van der Waals surface area (Å²) >= 11 is 6.16. The summed E-state index contributed by atoms with van der Waals surface area (Å²) in [4.78, 5) is 28.0. The third-order valence-corrected chi connectivity index (χ3v) is 7.45.